The fourth-order valence-electron chi connectivity index (χ4n) is 2.99. The quantitative estimate of drug-likeness (QED) is 0.729. The molecule has 0 radical (unpaired) electrons. The highest BCUT2D eigenvalue weighted by atomic mass is 16.3. The Kier molecular flexibility index (Phi) is 4.19. The molecule has 9 nitrogen and oxygen atoms in total. The van der Waals surface area contributed by atoms with E-state index >= 15 is 0 Å². The summed E-state index contributed by atoms with van der Waals surface area (Å²) < 4.78 is 7.15. The first-order chi connectivity index (χ1) is 12.0. The molecule has 3 heterocycles. The van der Waals surface area contributed by atoms with E-state index in [1.807, 2.05) is 6.07 Å². The Morgan fingerprint density at radius 3 is 2.40 bits per heavy atom. The number of aromatic nitrogens is 2. The van der Waals surface area contributed by atoms with Crippen molar-refractivity contribution in [2.45, 2.75) is 0 Å². The monoisotopic (exact) mass is 343 g/mol. The maximum Gasteiger partial charge on any atom is 0.332 e. The molecule has 0 atom stereocenters. The number of rotatable bonds is 2. The zero-order valence-corrected chi connectivity index (χ0v) is 13.9. The van der Waals surface area contributed by atoms with Gasteiger partial charge in [-0.15, -0.1) is 0 Å². The van der Waals surface area contributed by atoms with Crippen LogP contribution in [-0.2, 0) is 14.1 Å². The third kappa shape index (κ3) is 2.71. The van der Waals surface area contributed by atoms with E-state index < -0.39 is 11.2 Å². The zero-order chi connectivity index (χ0) is 18.1. The van der Waals surface area contributed by atoms with Crippen LogP contribution in [0.5, 0.6) is 0 Å². The third-order valence-electron chi connectivity index (χ3n) is 4.38. The SMILES string of the molecule is Cn1c(N2CCN(C(=O)c3ccoc3)CC2)c(C#N)c(=O)n(C)c1=O. The lowest BCUT2D eigenvalue weighted by molar-refractivity contribution is 0.0745. The summed E-state index contributed by atoms with van der Waals surface area (Å²) in [4.78, 5) is 40.2. The highest BCUT2D eigenvalue weighted by Gasteiger charge is 2.27. The lowest BCUT2D eigenvalue weighted by Crippen LogP contribution is -2.51. The number of furan rings is 1. The first-order valence-electron chi connectivity index (χ1n) is 7.72. The van der Waals surface area contributed by atoms with Crippen LogP contribution in [0.2, 0.25) is 0 Å². The van der Waals surface area contributed by atoms with E-state index in [0.717, 1.165) is 4.57 Å². The van der Waals surface area contributed by atoms with Gasteiger partial charge in [-0.2, -0.15) is 5.26 Å². The molecule has 1 saturated heterocycles. The molecular formula is C16H17N5O4. The number of hydrogen-bond donors (Lipinski definition) is 0. The molecule has 0 N–H and O–H groups in total. The summed E-state index contributed by atoms with van der Waals surface area (Å²) in [5, 5.41) is 9.35. The largest absolute Gasteiger partial charge is 0.472 e. The van der Waals surface area contributed by atoms with Crippen LogP contribution in [0.3, 0.4) is 0 Å². The molecule has 0 saturated carbocycles. The second-order valence-corrected chi connectivity index (χ2v) is 5.81. The fraction of sp³-hybridized carbons (Fsp3) is 0.375. The van der Waals surface area contributed by atoms with Crippen LogP contribution in [0, 0.1) is 11.3 Å². The molecule has 0 unspecified atom stereocenters. The molecule has 2 aromatic rings. The topological polar surface area (TPSA) is 104 Å². The summed E-state index contributed by atoms with van der Waals surface area (Å²) in [6, 6.07) is 3.50. The van der Waals surface area contributed by atoms with Gasteiger partial charge in [-0.05, 0) is 6.07 Å². The number of anilines is 1. The lowest BCUT2D eigenvalue weighted by Gasteiger charge is -2.36. The minimum atomic E-state index is -0.613. The van der Waals surface area contributed by atoms with Crippen LogP contribution >= 0.6 is 0 Å². The highest BCUT2D eigenvalue weighted by Crippen LogP contribution is 2.18. The van der Waals surface area contributed by atoms with E-state index in [1.54, 1.807) is 15.9 Å². The molecule has 0 spiro atoms. The van der Waals surface area contributed by atoms with E-state index in [1.165, 1.54) is 31.2 Å². The molecule has 9 heteroatoms. The van der Waals surface area contributed by atoms with E-state index in [2.05, 4.69) is 0 Å². The first-order valence-corrected chi connectivity index (χ1v) is 7.72. The van der Waals surface area contributed by atoms with E-state index in [0.29, 0.717) is 37.6 Å². The second kappa shape index (κ2) is 6.32. The summed E-state index contributed by atoms with van der Waals surface area (Å²) >= 11 is 0. The third-order valence-corrected chi connectivity index (χ3v) is 4.38. The summed E-state index contributed by atoms with van der Waals surface area (Å²) in [6.45, 7) is 1.66. The van der Waals surface area contributed by atoms with Gasteiger partial charge in [0.1, 0.15) is 18.2 Å². The van der Waals surface area contributed by atoms with Crippen LogP contribution < -0.4 is 16.1 Å². The summed E-state index contributed by atoms with van der Waals surface area (Å²) in [7, 11) is 2.87. The van der Waals surface area contributed by atoms with Gasteiger partial charge in [0, 0.05) is 40.3 Å². The Bertz CT molecular complexity index is 956. The average molecular weight is 343 g/mol. The highest BCUT2D eigenvalue weighted by molar-refractivity contribution is 5.94. The molecule has 1 amide bonds. The number of piperazine rings is 1. The van der Waals surface area contributed by atoms with Crippen molar-refractivity contribution in [1.29, 1.82) is 5.26 Å². The Balaban J connectivity index is 1.87. The molecule has 1 aliphatic rings. The molecule has 0 bridgehead atoms. The zero-order valence-electron chi connectivity index (χ0n) is 13.9. The van der Waals surface area contributed by atoms with Crippen molar-refractivity contribution in [2.24, 2.45) is 14.1 Å². The van der Waals surface area contributed by atoms with Crippen LogP contribution in [0.25, 0.3) is 0 Å². The predicted molar refractivity (Wildman–Crippen MR) is 88.5 cm³/mol. The van der Waals surface area contributed by atoms with Gasteiger partial charge >= 0.3 is 5.69 Å². The Morgan fingerprint density at radius 1 is 1.16 bits per heavy atom. The summed E-state index contributed by atoms with van der Waals surface area (Å²) in [6.07, 6.45) is 2.84. The van der Waals surface area contributed by atoms with E-state index in [4.69, 9.17) is 4.42 Å². The molecular weight excluding hydrogens is 326 g/mol. The van der Waals surface area contributed by atoms with Gasteiger partial charge in [-0.25, -0.2) is 4.79 Å². The maximum absolute atomic E-state index is 12.3. The van der Waals surface area contributed by atoms with Gasteiger partial charge in [0.2, 0.25) is 0 Å². The van der Waals surface area contributed by atoms with E-state index in [9.17, 15) is 19.6 Å². The standard InChI is InChI=1S/C16H17N5O4/c1-18-13(12(9-17)15(23)19(2)16(18)24)20-4-6-21(7-5-20)14(22)11-3-8-25-10-11/h3,8,10H,4-7H2,1-2H3. The van der Waals surface area contributed by atoms with Crippen LogP contribution in [-0.4, -0.2) is 46.1 Å². The number of nitrogens with zero attached hydrogens (tertiary/aromatic N) is 5. The molecule has 3 rings (SSSR count). The maximum atomic E-state index is 12.3. The van der Waals surface area contributed by atoms with Crippen molar-refractivity contribution in [3.63, 3.8) is 0 Å². The molecule has 0 aromatic carbocycles. The minimum Gasteiger partial charge on any atom is -0.472 e. The van der Waals surface area contributed by atoms with Crippen LogP contribution in [0.1, 0.15) is 15.9 Å². The van der Waals surface area contributed by atoms with Gasteiger partial charge < -0.3 is 14.2 Å². The van der Waals surface area contributed by atoms with Gasteiger partial charge in [-0.3, -0.25) is 18.7 Å². The van der Waals surface area contributed by atoms with Crippen molar-refractivity contribution >= 4 is 11.7 Å². The predicted octanol–water partition coefficient (Wildman–Crippen LogP) is -0.489. The molecule has 1 aliphatic heterocycles. The van der Waals surface area contributed by atoms with Crippen LogP contribution in [0.4, 0.5) is 5.82 Å². The fourth-order valence-corrected chi connectivity index (χ4v) is 2.99. The number of amides is 1. The average Bonchev–Trinajstić information content (AvgIpc) is 3.17. The number of hydrogen-bond acceptors (Lipinski definition) is 6. The van der Waals surface area contributed by atoms with Gasteiger partial charge in [0.05, 0.1) is 11.8 Å². The van der Waals surface area contributed by atoms with Crippen molar-refractivity contribution in [3.8, 4) is 6.07 Å². The molecule has 2 aromatic heterocycles. The van der Waals surface area contributed by atoms with E-state index in [-0.39, 0.29) is 11.5 Å². The van der Waals surface area contributed by atoms with Gasteiger partial charge in [0.15, 0.2) is 5.56 Å². The summed E-state index contributed by atoms with van der Waals surface area (Å²) in [5.41, 5.74) is -0.695. The van der Waals surface area contributed by atoms with Crippen molar-refractivity contribution < 1.29 is 9.21 Å². The Hall–Kier alpha value is -3.28. The number of carbonyl (C=O) groups excluding carboxylic acids is 1. The summed E-state index contributed by atoms with van der Waals surface area (Å²) in [5.74, 6) is 0.165. The molecule has 0 aliphatic carbocycles. The molecule has 25 heavy (non-hydrogen) atoms. The second-order valence-electron chi connectivity index (χ2n) is 5.81. The van der Waals surface area contributed by atoms with Crippen molar-refractivity contribution in [3.05, 3.63) is 50.6 Å². The normalized spacial score (nSPS) is 14.4. The lowest BCUT2D eigenvalue weighted by atomic mass is 10.2. The smallest absolute Gasteiger partial charge is 0.332 e. The first kappa shape index (κ1) is 16.6. The van der Waals surface area contributed by atoms with Crippen molar-refractivity contribution in [1.82, 2.24) is 14.0 Å². The Labute approximate surface area is 142 Å². The van der Waals surface area contributed by atoms with Crippen LogP contribution in [0.15, 0.2) is 32.6 Å². The number of carbonyl (C=O) groups is 1. The number of nitriles is 1. The Morgan fingerprint density at radius 2 is 1.84 bits per heavy atom. The van der Waals surface area contributed by atoms with Gasteiger partial charge in [-0.1, -0.05) is 0 Å². The molecule has 1 fully saturated rings. The minimum absolute atomic E-state index is 0.0702. The molecule has 130 valence electrons. The van der Waals surface area contributed by atoms with Gasteiger partial charge in [0.25, 0.3) is 11.5 Å². The van der Waals surface area contributed by atoms with Crippen molar-refractivity contribution in [2.75, 3.05) is 31.1 Å².